The Morgan fingerprint density at radius 2 is 1.42 bits per heavy atom. The SMILES string of the molecule is O=C1OC(P(c2ccccc2)c2ccccc2)c2cc(F)ccc21. The molecule has 0 radical (unpaired) electrons. The first-order valence-corrected chi connectivity index (χ1v) is 9.05. The molecule has 3 aromatic rings. The second-order valence-corrected chi connectivity index (χ2v) is 7.77. The molecule has 0 saturated carbocycles. The molecular weight excluding hydrogens is 322 g/mol. The number of halogens is 1. The molecule has 118 valence electrons. The number of benzene rings is 3. The molecular formula is C20H14FO2P. The number of esters is 1. The third kappa shape index (κ3) is 2.61. The van der Waals surface area contributed by atoms with Crippen LogP contribution in [0, 0.1) is 5.82 Å². The average Bonchev–Trinajstić information content (AvgIpc) is 2.93. The van der Waals surface area contributed by atoms with Gasteiger partial charge in [-0.15, -0.1) is 0 Å². The van der Waals surface area contributed by atoms with Gasteiger partial charge in [0.2, 0.25) is 0 Å². The molecule has 0 fully saturated rings. The van der Waals surface area contributed by atoms with E-state index in [2.05, 4.69) is 0 Å². The van der Waals surface area contributed by atoms with Gasteiger partial charge in [-0.2, -0.15) is 0 Å². The maximum absolute atomic E-state index is 13.8. The lowest BCUT2D eigenvalue weighted by Gasteiger charge is -2.24. The molecule has 0 aliphatic carbocycles. The highest BCUT2D eigenvalue weighted by Crippen LogP contribution is 2.54. The van der Waals surface area contributed by atoms with E-state index in [0.717, 1.165) is 10.6 Å². The van der Waals surface area contributed by atoms with E-state index in [-0.39, 0.29) is 11.8 Å². The van der Waals surface area contributed by atoms with Crippen LogP contribution in [0.15, 0.2) is 78.9 Å². The van der Waals surface area contributed by atoms with Gasteiger partial charge in [0, 0.05) is 13.5 Å². The van der Waals surface area contributed by atoms with Crippen molar-refractivity contribution in [1.82, 2.24) is 0 Å². The lowest BCUT2D eigenvalue weighted by Crippen LogP contribution is -2.17. The van der Waals surface area contributed by atoms with Crippen LogP contribution in [0.25, 0.3) is 0 Å². The fourth-order valence-electron chi connectivity index (χ4n) is 2.94. The van der Waals surface area contributed by atoms with Gasteiger partial charge in [0.05, 0.1) is 5.56 Å². The van der Waals surface area contributed by atoms with E-state index < -0.39 is 13.8 Å². The molecule has 1 atom stereocenters. The Morgan fingerprint density at radius 1 is 0.833 bits per heavy atom. The van der Waals surface area contributed by atoms with Crippen molar-refractivity contribution in [3.8, 4) is 0 Å². The quantitative estimate of drug-likeness (QED) is 0.531. The second-order valence-electron chi connectivity index (χ2n) is 5.53. The number of ether oxygens (including phenoxy) is 1. The Bertz CT molecular complexity index is 841. The van der Waals surface area contributed by atoms with E-state index in [1.807, 2.05) is 60.7 Å². The molecule has 0 aromatic heterocycles. The monoisotopic (exact) mass is 336 g/mol. The second kappa shape index (κ2) is 6.18. The molecule has 24 heavy (non-hydrogen) atoms. The summed E-state index contributed by atoms with van der Waals surface area (Å²) in [5.74, 6) is -1.20. The summed E-state index contributed by atoms with van der Waals surface area (Å²) in [4.78, 5) is 12.2. The van der Waals surface area contributed by atoms with Crippen molar-refractivity contribution in [3.63, 3.8) is 0 Å². The molecule has 0 amide bonds. The van der Waals surface area contributed by atoms with E-state index in [1.165, 1.54) is 18.2 Å². The Hall–Kier alpha value is -2.51. The predicted molar refractivity (Wildman–Crippen MR) is 93.6 cm³/mol. The van der Waals surface area contributed by atoms with Gasteiger partial charge < -0.3 is 4.74 Å². The zero-order chi connectivity index (χ0) is 16.5. The summed E-state index contributed by atoms with van der Waals surface area (Å²) < 4.78 is 19.5. The number of fused-ring (bicyclic) bond motifs is 1. The number of rotatable bonds is 3. The molecule has 1 aliphatic heterocycles. The zero-order valence-corrected chi connectivity index (χ0v) is 13.6. The summed E-state index contributed by atoms with van der Waals surface area (Å²) in [6.07, 6.45) is 0. The molecule has 0 spiro atoms. The van der Waals surface area contributed by atoms with Crippen LogP contribution in [0.4, 0.5) is 4.39 Å². The maximum atomic E-state index is 13.8. The Morgan fingerprint density at radius 3 is 2.00 bits per heavy atom. The van der Waals surface area contributed by atoms with Gasteiger partial charge in [-0.3, -0.25) is 0 Å². The summed E-state index contributed by atoms with van der Waals surface area (Å²) in [5, 5.41) is 2.18. The number of cyclic esters (lactones) is 1. The molecule has 2 nitrogen and oxygen atoms in total. The van der Waals surface area contributed by atoms with Crippen LogP contribution in [-0.2, 0) is 4.74 Å². The van der Waals surface area contributed by atoms with Crippen molar-refractivity contribution >= 4 is 24.5 Å². The number of hydrogen-bond donors (Lipinski definition) is 0. The molecule has 1 aliphatic rings. The van der Waals surface area contributed by atoms with Gasteiger partial charge in [-0.05, 0) is 28.8 Å². The minimum Gasteiger partial charge on any atom is -0.449 e. The Kier molecular flexibility index (Phi) is 3.87. The van der Waals surface area contributed by atoms with Crippen molar-refractivity contribution < 1.29 is 13.9 Å². The molecule has 4 rings (SSSR count). The smallest absolute Gasteiger partial charge is 0.339 e. The molecule has 1 unspecified atom stereocenters. The molecule has 3 aromatic carbocycles. The van der Waals surface area contributed by atoms with Crippen molar-refractivity contribution in [3.05, 3.63) is 95.8 Å². The summed E-state index contributed by atoms with van der Waals surface area (Å²) in [5.41, 5.74) is 1.10. The fourth-order valence-corrected chi connectivity index (χ4v) is 5.46. The average molecular weight is 336 g/mol. The van der Waals surface area contributed by atoms with E-state index >= 15 is 0 Å². The van der Waals surface area contributed by atoms with Crippen LogP contribution in [0.5, 0.6) is 0 Å². The third-order valence-electron chi connectivity index (χ3n) is 4.02. The van der Waals surface area contributed by atoms with E-state index in [0.29, 0.717) is 11.1 Å². The summed E-state index contributed by atoms with van der Waals surface area (Å²) in [7, 11) is -0.987. The van der Waals surface area contributed by atoms with E-state index in [1.54, 1.807) is 0 Å². The van der Waals surface area contributed by atoms with Crippen LogP contribution in [0.3, 0.4) is 0 Å². The highest BCUT2D eigenvalue weighted by atomic mass is 31.1. The first kappa shape index (κ1) is 15.0. The Labute approximate surface area is 140 Å². The number of carbonyl (C=O) groups excluding carboxylic acids is 1. The molecule has 1 heterocycles. The minimum atomic E-state index is -0.987. The zero-order valence-electron chi connectivity index (χ0n) is 12.7. The largest absolute Gasteiger partial charge is 0.449 e. The van der Waals surface area contributed by atoms with Gasteiger partial charge in [0.25, 0.3) is 0 Å². The van der Waals surface area contributed by atoms with Gasteiger partial charge in [0.1, 0.15) is 5.82 Å². The van der Waals surface area contributed by atoms with Gasteiger partial charge >= 0.3 is 5.97 Å². The highest BCUT2D eigenvalue weighted by Gasteiger charge is 2.38. The van der Waals surface area contributed by atoms with Gasteiger partial charge in [-0.1, -0.05) is 60.7 Å². The van der Waals surface area contributed by atoms with E-state index in [9.17, 15) is 9.18 Å². The molecule has 0 N–H and O–H groups in total. The highest BCUT2D eigenvalue weighted by molar-refractivity contribution is 7.73. The molecule has 0 saturated heterocycles. The minimum absolute atomic E-state index is 0.354. The fraction of sp³-hybridized carbons (Fsp3) is 0.0500. The lowest BCUT2D eigenvalue weighted by atomic mass is 10.1. The van der Waals surface area contributed by atoms with Crippen LogP contribution in [0.2, 0.25) is 0 Å². The number of hydrogen-bond acceptors (Lipinski definition) is 2. The summed E-state index contributed by atoms with van der Waals surface area (Å²) >= 11 is 0. The maximum Gasteiger partial charge on any atom is 0.339 e. The van der Waals surface area contributed by atoms with E-state index in [4.69, 9.17) is 4.74 Å². The summed E-state index contributed by atoms with van der Waals surface area (Å²) in [6, 6.07) is 24.1. The summed E-state index contributed by atoms with van der Waals surface area (Å²) in [6.45, 7) is 0. The lowest BCUT2D eigenvalue weighted by molar-refractivity contribution is 0.0517. The van der Waals surface area contributed by atoms with Crippen molar-refractivity contribution in [2.45, 2.75) is 5.85 Å². The topological polar surface area (TPSA) is 26.3 Å². The van der Waals surface area contributed by atoms with Crippen molar-refractivity contribution in [2.24, 2.45) is 0 Å². The first-order valence-electron chi connectivity index (χ1n) is 7.64. The standard InChI is InChI=1S/C20H14FO2P/c21-14-11-12-17-18(13-14)20(23-19(17)22)24(15-7-3-1-4-8-15)16-9-5-2-6-10-16/h1-13,20H. The molecule has 4 heteroatoms. The van der Waals surface area contributed by atoms with Crippen molar-refractivity contribution in [2.75, 3.05) is 0 Å². The van der Waals surface area contributed by atoms with Crippen molar-refractivity contribution in [1.29, 1.82) is 0 Å². The normalized spacial score (nSPS) is 16.1. The van der Waals surface area contributed by atoms with Gasteiger partial charge in [-0.25, -0.2) is 9.18 Å². The number of carbonyl (C=O) groups is 1. The van der Waals surface area contributed by atoms with Crippen LogP contribution >= 0.6 is 7.92 Å². The predicted octanol–water partition coefficient (Wildman–Crippen LogP) is 4.13. The van der Waals surface area contributed by atoms with Crippen LogP contribution in [0.1, 0.15) is 21.8 Å². The molecule has 0 bridgehead atoms. The third-order valence-corrected chi connectivity index (χ3v) is 6.58. The van der Waals surface area contributed by atoms with Crippen LogP contribution in [-0.4, -0.2) is 5.97 Å². The van der Waals surface area contributed by atoms with Gasteiger partial charge in [0.15, 0.2) is 5.85 Å². The first-order chi connectivity index (χ1) is 11.7. The van der Waals surface area contributed by atoms with Crippen LogP contribution < -0.4 is 10.6 Å². The Balaban J connectivity index is 1.87.